The molecule has 0 aliphatic rings. The van der Waals surface area contributed by atoms with Gasteiger partial charge in [-0.3, -0.25) is 0 Å². The van der Waals surface area contributed by atoms with Crippen LogP contribution in [-0.2, 0) is 4.74 Å². The Kier molecular flexibility index (Phi) is 7.15. The van der Waals surface area contributed by atoms with Crippen molar-refractivity contribution in [3.63, 3.8) is 0 Å². The highest BCUT2D eigenvalue weighted by atomic mass is 16.5. The van der Waals surface area contributed by atoms with Crippen molar-refractivity contribution in [3.05, 3.63) is 77.7 Å². The number of nitrogens with zero attached hydrogens (tertiary/aromatic N) is 4. The van der Waals surface area contributed by atoms with Gasteiger partial charge in [0.25, 0.3) is 0 Å². The molecule has 2 aromatic heterocycles. The minimum atomic E-state index is -0.511. The average Bonchev–Trinajstić information content (AvgIpc) is 2.85. The summed E-state index contributed by atoms with van der Waals surface area (Å²) in [5.41, 5.74) is 3.36. The number of carbonyl (C=O) groups excluding carboxylic acids is 1. The highest BCUT2D eigenvalue weighted by molar-refractivity contribution is 5.95. The Morgan fingerprint density at radius 1 is 0.914 bits per heavy atom. The SMILES string of the molecule is CCOC(=O)c1cnc(-c2ccc(OC)cc2)nc1Nc1ccc(Oc2nc(C)cc(C)n2)cc1. The second-order valence-corrected chi connectivity index (χ2v) is 7.59. The molecule has 0 saturated carbocycles. The average molecular weight is 472 g/mol. The van der Waals surface area contributed by atoms with Crippen molar-refractivity contribution < 1.29 is 19.0 Å². The third-order valence-electron chi connectivity index (χ3n) is 4.92. The predicted molar refractivity (Wildman–Crippen MR) is 131 cm³/mol. The molecular weight excluding hydrogens is 446 g/mol. The maximum Gasteiger partial charge on any atom is 0.343 e. The Hall–Kier alpha value is -4.53. The van der Waals surface area contributed by atoms with E-state index >= 15 is 0 Å². The van der Waals surface area contributed by atoms with Crippen LogP contribution in [0.15, 0.2) is 60.8 Å². The molecule has 0 spiro atoms. The van der Waals surface area contributed by atoms with Gasteiger partial charge < -0.3 is 19.5 Å². The zero-order valence-corrected chi connectivity index (χ0v) is 19.9. The van der Waals surface area contributed by atoms with E-state index in [1.165, 1.54) is 6.20 Å². The van der Waals surface area contributed by atoms with E-state index in [-0.39, 0.29) is 18.2 Å². The Bertz CT molecular complexity index is 1300. The van der Waals surface area contributed by atoms with Crippen LogP contribution < -0.4 is 14.8 Å². The van der Waals surface area contributed by atoms with Crippen molar-refractivity contribution >= 4 is 17.5 Å². The minimum Gasteiger partial charge on any atom is -0.497 e. The summed E-state index contributed by atoms with van der Waals surface area (Å²) in [6.45, 7) is 5.76. The lowest BCUT2D eigenvalue weighted by atomic mass is 10.2. The lowest BCUT2D eigenvalue weighted by molar-refractivity contribution is 0.0526. The Morgan fingerprint density at radius 3 is 2.20 bits per heavy atom. The second-order valence-electron chi connectivity index (χ2n) is 7.59. The summed E-state index contributed by atoms with van der Waals surface area (Å²) in [7, 11) is 1.60. The quantitative estimate of drug-likeness (QED) is 0.344. The highest BCUT2D eigenvalue weighted by Gasteiger charge is 2.17. The zero-order chi connectivity index (χ0) is 24.8. The summed E-state index contributed by atoms with van der Waals surface area (Å²) in [5.74, 6) is 1.57. The van der Waals surface area contributed by atoms with E-state index in [1.807, 2.05) is 56.3 Å². The number of hydrogen-bond acceptors (Lipinski definition) is 9. The maximum absolute atomic E-state index is 12.5. The largest absolute Gasteiger partial charge is 0.497 e. The fourth-order valence-corrected chi connectivity index (χ4v) is 3.30. The van der Waals surface area contributed by atoms with Gasteiger partial charge in [0, 0.05) is 28.8 Å². The smallest absolute Gasteiger partial charge is 0.343 e. The van der Waals surface area contributed by atoms with E-state index in [9.17, 15) is 4.79 Å². The third-order valence-corrected chi connectivity index (χ3v) is 4.92. The van der Waals surface area contributed by atoms with Gasteiger partial charge in [0.05, 0.1) is 13.7 Å². The van der Waals surface area contributed by atoms with Crippen LogP contribution in [0.1, 0.15) is 28.7 Å². The van der Waals surface area contributed by atoms with Crippen LogP contribution in [0.3, 0.4) is 0 Å². The minimum absolute atomic E-state index is 0.230. The van der Waals surface area contributed by atoms with Gasteiger partial charge in [0.1, 0.15) is 22.9 Å². The molecule has 0 radical (unpaired) electrons. The first-order chi connectivity index (χ1) is 16.9. The number of esters is 1. The van der Waals surface area contributed by atoms with Gasteiger partial charge in [-0.15, -0.1) is 0 Å². The molecule has 2 aromatic carbocycles. The fourth-order valence-electron chi connectivity index (χ4n) is 3.30. The number of ether oxygens (including phenoxy) is 3. The summed E-state index contributed by atoms with van der Waals surface area (Å²) in [5, 5.41) is 3.19. The number of anilines is 2. The summed E-state index contributed by atoms with van der Waals surface area (Å²) in [6, 6.07) is 16.7. The zero-order valence-electron chi connectivity index (χ0n) is 19.9. The van der Waals surface area contributed by atoms with Crippen molar-refractivity contribution in [1.82, 2.24) is 19.9 Å². The van der Waals surface area contributed by atoms with Gasteiger partial charge in [-0.25, -0.2) is 24.7 Å². The topological polar surface area (TPSA) is 108 Å². The number of nitrogens with one attached hydrogen (secondary N) is 1. The Labute approximate surface area is 203 Å². The van der Waals surface area contributed by atoms with Crippen molar-refractivity contribution in [2.24, 2.45) is 0 Å². The van der Waals surface area contributed by atoms with Gasteiger partial charge in [-0.2, -0.15) is 0 Å². The van der Waals surface area contributed by atoms with Crippen molar-refractivity contribution in [2.75, 3.05) is 19.0 Å². The third kappa shape index (κ3) is 5.89. The van der Waals surface area contributed by atoms with E-state index < -0.39 is 5.97 Å². The van der Waals surface area contributed by atoms with E-state index in [0.717, 1.165) is 22.7 Å². The number of aromatic nitrogens is 4. The van der Waals surface area contributed by atoms with Crippen LogP contribution in [0, 0.1) is 13.8 Å². The van der Waals surface area contributed by atoms with Crippen LogP contribution in [0.25, 0.3) is 11.4 Å². The number of methoxy groups -OCH3 is 1. The molecule has 0 fully saturated rings. The first kappa shape index (κ1) is 23.6. The molecule has 0 aliphatic carbocycles. The molecule has 1 N–H and O–H groups in total. The molecule has 0 saturated heterocycles. The van der Waals surface area contributed by atoms with Crippen molar-refractivity contribution in [1.29, 1.82) is 0 Å². The van der Waals surface area contributed by atoms with E-state index in [4.69, 9.17) is 14.2 Å². The van der Waals surface area contributed by atoms with Crippen LogP contribution in [0.5, 0.6) is 17.5 Å². The Morgan fingerprint density at radius 2 is 1.57 bits per heavy atom. The lowest BCUT2D eigenvalue weighted by Crippen LogP contribution is -2.11. The molecule has 0 unspecified atom stereocenters. The molecule has 35 heavy (non-hydrogen) atoms. The van der Waals surface area contributed by atoms with E-state index in [1.54, 1.807) is 26.2 Å². The van der Waals surface area contributed by atoms with Gasteiger partial charge in [0.2, 0.25) is 0 Å². The molecule has 0 amide bonds. The number of rotatable bonds is 8. The summed E-state index contributed by atoms with van der Waals surface area (Å²) >= 11 is 0. The van der Waals surface area contributed by atoms with Crippen molar-refractivity contribution in [3.8, 4) is 28.9 Å². The molecule has 0 bridgehead atoms. The van der Waals surface area contributed by atoms with Crippen molar-refractivity contribution in [2.45, 2.75) is 20.8 Å². The molecule has 0 aliphatic heterocycles. The summed E-state index contributed by atoms with van der Waals surface area (Å²) in [4.78, 5) is 30.0. The molecule has 9 nitrogen and oxygen atoms in total. The standard InChI is InChI=1S/C26H25N5O4/c1-5-34-25(32)22-15-27-23(18-6-10-20(33-4)11-7-18)31-24(22)30-19-8-12-21(13-9-19)35-26-28-16(2)14-17(3)29-26/h6-15H,5H2,1-4H3,(H,27,30,31). The van der Waals surface area contributed by atoms with Crippen LogP contribution in [0.4, 0.5) is 11.5 Å². The first-order valence-electron chi connectivity index (χ1n) is 11.0. The Balaban J connectivity index is 1.59. The van der Waals surface area contributed by atoms with E-state index in [0.29, 0.717) is 23.1 Å². The monoisotopic (exact) mass is 471 g/mol. The number of benzene rings is 2. The van der Waals surface area contributed by atoms with Gasteiger partial charge in [-0.1, -0.05) is 0 Å². The molecule has 178 valence electrons. The summed E-state index contributed by atoms with van der Waals surface area (Å²) < 4.78 is 16.2. The van der Waals surface area contributed by atoms with Crippen LogP contribution in [0.2, 0.25) is 0 Å². The van der Waals surface area contributed by atoms with Gasteiger partial charge in [0.15, 0.2) is 5.82 Å². The van der Waals surface area contributed by atoms with E-state index in [2.05, 4.69) is 25.3 Å². The highest BCUT2D eigenvalue weighted by Crippen LogP contribution is 2.27. The first-order valence-corrected chi connectivity index (χ1v) is 11.0. The lowest BCUT2D eigenvalue weighted by Gasteiger charge is -2.12. The maximum atomic E-state index is 12.5. The van der Waals surface area contributed by atoms with Crippen LogP contribution >= 0.6 is 0 Å². The second kappa shape index (κ2) is 10.6. The molecular formula is C26H25N5O4. The number of carbonyl (C=O) groups is 1. The molecule has 4 aromatic rings. The molecule has 0 atom stereocenters. The van der Waals surface area contributed by atoms with Crippen LogP contribution in [-0.4, -0.2) is 39.6 Å². The summed E-state index contributed by atoms with van der Waals surface area (Å²) in [6.07, 6.45) is 1.46. The normalized spacial score (nSPS) is 10.5. The molecule has 2 heterocycles. The predicted octanol–water partition coefficient (Wildman–Crippen LogP) is 5.27. The molecule has 9 heteroatoms. The molecule has 4 rings (SSSR count). The number of hydrogen-bond donors (Lipinski definition) is 1. The number of aryl methyl sites for hydroxylation is 2. The van der Waals surface area contributed by atoms with Gasteiger partial charge in [-0.05, 0) is 75.4 Å². The van der Waals surface area contributed by atoms with Gasteiger partial charge >= 0.3 is 12.0 Å². The fraction of sp³-hybridized carbons (Fsp3) is 0.192.